The molecule has 6 rings (SSSR count). The van der Waals surface area contributed by atoms with E-state index in [1.165, 1.54) is 0 Å². The zero-order chi connectivity index (χ0) is 42.6. The average molecular weight is 833 g/mol. The summed E-state index contributed by atoms with van der Waals surface area (Å²) in [7, 11) is 0. The van der Waals surface area contributed by atoms with Crippen LogP contribution in [0.25, 0.3) is 0 Å². The van der Waals surface area contributed by atoms with Crippen molar-refractivity contribution in [2.45, 2.75) is 174 Å². The smallest absolute Gasteiger partial charge is 0.407 e. The fourth-order valence-corrected chi connectivity index (χ4v) is 12.0. The Hall–Kier alpha value is -2.62. The van der Waals surface area contributed by atoms with Crippen LogP contribution in [0.2, 0.25) is 0 Å². The minimum Gasteiger partial charge on any atom is -0.466 e. The van der Waals surface area contributed by atoms with Crippen LogP contribution < -0.4 is 21.3 Å². The molecule has 6 aliphatic rings. The van der Waals surface area contributed by atoms with E-state index in [2.05, 4.69) is 76.0 Å². The van der Waals surface area contributed by atoms with Crippen molar-refractivity contribution in [3.63, 3.8) is 0 Å². The molecule has 14 heteroatoms. The molecule has 4 aliphatic carbocycles. The number of amides is 2. The van der Waals surface area contributed by atoms with Gasteiger partial charge in [-0.1, -0.05) is 54.7 Å². The first-order valence-corrected chi connectivity index (χ1v) is 22.4. The van der Waals surface area contributed by atoms with Gasteiger partial charge in [-0.15, -0.1) is 0 Å². The maximum absolute atomic E-state index is 13.4. The molecule has 6 N–H and O–H groups in total. The Morgan fingerprint density at radius 2 is 1.07 bits per heavy atom. The maximum Gasteiger partial charge on any atom is 0.407 e. The molecule has 0 spiro atoms. The fourth-order valence-electron chi connectivity index (χ4n) is 12.0. The first-order valence-electron chi connectivity index (χ1n) is 22.4. The van der Waals surface area contributed by atoms with Crippen molar-refractivity contribution in [1.82, 2.24) is 21.3 Å². The molecule has 2 amide bonds. The number of ether oxygens (including phenoxy) is 6. The summed E-state index contributed by atoms with van der Waals surface area (Å²) in [6.07, 6.45) is 5.95. The minimum atomic E-state index is -0.712. The van der Waals surface area contributed by atoms with E-state index in [0.29, 0.717) is 63.5 Å². The molecular weight excluding hydrogens is 757 g/mol. The minimum absolute atomic E-state index is 0.0242. The van der Waals surface area contributed by atoms with Gasteiger partial charge in [0.2, 0.25) is 12.6 Å². The Morgan fingerprint density at radius 3 is 1.44 bits per heavy atom. The van der Waals surface area contributed by atoms with Crippen LogP contribution in [0.1, 0.15) is 125 Å². The van der Waals surface area contributed by atoms with Crippen LogP contribution in [-0.2, 0) is 28.4 Å². The van der Waals surface area contributed by atoms with E-state index in [-0.39, 0.29) is 58.2 Å². The highest BCUT2D eigenvalue weighted by atomic mass is 16.7. The average Bonchev–Trinajstić information content (AvgIpc) is 3.72. The Labute approximate surface area is 352 Å². The molecule has 59 heavy (non-hydrogen) atoms. The number of hydrogen-bond donors (Lipinski definition) is 6. The molecule has 6 fully saturated rings. The van der Waals surface area contributed by atoms with E-state index in [9.17, 15) is 19.8 Å². The summed E-state index contributed by atoms with van der Waals surface area (Å²) in [6.45, 7) is 24.7. The SMILES string of the molecule is C=C1COC(CNCC2(C)CC(NC(=O)OC3CC(CC4CCC(O)C(OC(=O)NC5CC(C)(C)CC(C)(CNCC6OCC(=C)O6)C5)C4)CCC3O)CC(C)(C)C2)O1. The van der Waals surface area contributed by atoms with Gasteiger partial charge in [0.05, 0.1) is 25.3 Å². The third-order valence-corrected chi connectivity index (χ3v) is 13.6. The predicted octanol–water partition coefficient (Wildman–Crippen LogP) is 6.01. The van der Waals surface area contributed by atoms with Gasteiger partial charge in [0.25, 0.3) is 0 Å². The molecule has 0 aromatic carbocycles. The van der Waals surface area contributed by atoms with Gasteiger partial charge in [0, 0.05) is 25.2 Å². The van der Waals surface area contributed by atoms with E-state index < -0.39 is 36.6 Å². The molecule has 0 aromatic rings. The lowest BCUT2D eigenvalue weighted by Gasteiger charge is -2.47. The summed E-state index contributed by atoms with van der Waals surface area (Å²) in [4.78, 5) is 26.7. The number of carbonyl (C=O) groups is 2. The summed E-state index contributed by atoms with van der Waals surface area (Å²) < 4.78 is 34.3. The van der Waals surface area contributed by atoms with Crippen molar-refractivity contribution >= 4 is 12.2 Å². The van der Waals surface area contributed by atoms with Crippen molar-refractivity contribution in [2.75, 3.05) is 39.4 Å². The molecule has 12 atom stereocenters. The number of aliphatic hydroxyl groups is 2. The summed E-state index contributed by atoms with van der Waals surface area (Å²) in [5, 5.41) is 35.2. The van der Waals surface area contributed by atoms with Crippen LogP contribution >= 0.6 is 0 Å². The first-order chi connectivity index (χ1) is 27.7. The monoisotopic (exact) mass is 833 g/mol. The Balaban J connectivity index is 0.937. The molecule has 2 aliphatic heterocycles. The molecule has 2 heterocycles. The highest BCUT2D eigenvalue weighted by Gasteiger charge is 2.44. The van der Waals surface area contributed by atoms with Crippen LogP contribution in [0.5, 0.6) is 0 Å². The zero-order valence-corrected chi connectivity index (χ0v) is 36.8. The van der Waals surface area contributed by atoms with Gasteiger partial charge in [-0.05, 0) is 117 Å². The Morgan fingerprint density at radius 1 is 0.661 bits per heavy atom. The van der Waals surface area contributed by atoms with Gasteiger partial charge in [-0.2, -0.15) is 0 Å². The molecule has 0 radical (unpaired) electrons. The number of alkyl carbamates (subject to hydrolysis) is 2. The topological polar surface area (TPSA) is 178 Å². The molecule has 336 valence electrons. The molecular formula is C45H76N4O10. The second-order valence-electron chi connectivity index (χ2n) is 21.5. The molecule has 0 bridgehead atoms. The van der Waals surface area contributed by atoms with Crippen LogP contribution in [0.4, 0.5) is 9.59 Å². The van der Waals surface area contributed by atoms with Gasteiger partial charge in [-0.3, -0.25) is 0 Å². The van der Waals surface area contributed by atoms with Crippen LogP contribution in [0.15, 0.2) is 24.7 Å². The highest BCUT2D eigenvalue weighted by Crippen LogP contribution is 2.47. The number of rotatable bonds is 14. The molecule has 12 unspecified atom stereocenters. The summed E-state index contributed by atoms with van der Waals surface area (Å²) >= 11 is 0. The van der Waals surface area contributed by atoms with Gasteiger partial charge in [0.1, 0.15) is 36.9 Å². The van der Waals surface area contributed by atoms with Crippen molar-refractivity contribution in [2.24, 2.45) is 33.5 Å². The van der Waals surface area contributed by atoms with E-state index in [4.69, 9.17) is 28.4 Å². The van der Waals surface area contributed by atoms with E-state index in [0.717, 1.165) is 70.9 Å². The summed E-state index contributed by atoms with van der Waals surface area (Å²) in [6, 6.07) is -0.109. The quantitative estimate of drug-likeness (QED) is 0.120. The summed E-state index contributed by atoms with van der Waals surface area (Å²) in [5.41, 5.74) is -0.0538. The normalized spacial score (nSPS) is 39.5. The summed E-state index contributed by atoms with van der Waals surface area (Å²) in [5.74, 6) is 1.80. The second-order valence-corrected chi connectivity index (χ2v) is 21.5. The molecule has 14 nitrogen and oxygen atoms in total. The van der Waals surface area contributed by atoms with Crippen LogP contribution in [0.3, 0.4) is 0 Å². The zero-order valence-electron chi connectivity index (χ0n) is 36.8. The fraction of sp³-hybridized carbons (Fsp3) is 0.867. The van der Waals surface area contributed by atoms with Gasteiger partial charge < -0.3 is 59.9 Å². The van der Waals surface area contributed by atoms with Crippen LogP contribution in [0, 0.1) is 33.5 Å². The van der Waals surface area contributed by atoms with Gasteiger partial charge in [0.15, 0.2) is 0 Å². The van der Waals surface area contributed by atoms with Crippen molar-refractivity contribution in [3.05, 3.63) is 24.7 Å². The number of carbonyl (C=O) groups excluding carboxylic acids is 2. The third-order valence-electron chi connectivity index (χ3n) is 13.6. The standard InChI is InChI=1S/C45H76N4O10/c1-28-22-54-38(56-28)20-46-26-44(7)18-32(16-42(3,4)24-44)48-40(52)58-36-14-30(9-11-34(36)50)13-31-10-12-35(51)37(15-31)59-41(53)49-33-17-43(5,6)25-45(8,19-33)27-47-21-39-55-23-29(2)57-39/h30-39,46-47,50-51H,1-2,9-27H2,3-8H3,(H,48,52)(H,49,53). The van der Waals surface area contributed by atoms with E-state index >= 15 is 0 Å². The molecule has 4 saturated carbocycles. The van der Waals surface area contributed by atoms with E-state index in [1.807, 2.05) is 0 Å². The second kappa shape index (κ2) is 19.2. The molecule has 0 aromatic heterocycles. The first kappa shape index (κ1) is 45.9. The lowest BCUT2D eigenvalue weighted by Crippen LogP contribution is -2.51. The van der Waals surface area contributed by atoms with Crippen molar-refractivity contribution < 1.29 is 48.2 Å². The third kappa shape index (κ3) is 13.7. The Bertz CT molecular complexity index is 1370. The van der Waals surface area contributed by atoms with Gasteiger partial charge >= 0.3 is 12.2 Å². The number of hydrogen-bond acceptors (Lipinski definition) is 12. The lowest BCUT2D eigenvalue weighted by atomic mass is 9.62. The highest BCUT2D eigenvalue weighted by molar-refractivity contribution is 5.68. The molecule has 2 saturated heterocycles. The number of nitrogens with one attached hydrogen (secondary N) is 4. The Kier molecular flexibility index (Phi) is 14.9. The van der Waals surface area contributed by atoms with Crippen molar-refractivity contribution in [3.8, 4) is 0 Å². The largest absolute Gasteiger partial charge is 0.466 e. The van der Waals surface area contributed by atoms with Crippen molar-refractivity contribution in [1.29, 1.82) is 0 Å². The van der Waals surface area contributed by atoms with Crippen LogP contribution in [-0.4, -0.2) is 111 Å². The lowest BCUT2D eigenvalue weighted by molar-refractivity contribution is -0.0543. The maximum atomic E-state index is 13.4. The van der Waals surface area contributed by atoms with Gasteiger partial charge in [-0.25, -0.2) is 9.59 Å². The number of aliphatic hydroxyl groups excluding tert-OH is 2. The van der Waals surface area contributed by atoms with E-state index in [1.54, 1.807) is 0 Å². The predicted molar refractivity (Wildman–Crippen MR) is 223 cm³/mol.